The molecule has 0 saturated heterocycles. The van der Waals surface area contributed by atoms with Crippen LogP contribution in [0.1, 0.15) is 25.0 Å². The fraction of sp³-hybridized carbons (Fsp3) is 0.727. The topological polar surface area (TPSA) is 47.3 Å². The van der Waals surface area contributed by atoms with Crippen molar-refractivity contribution < 1.29 is 9.15 Å². The van der Waals surface area contributed by atoms with E-state index in [2.05, 4.69) is 17.2 Å². The minimum atomic E-state index is 0.717. The van der Waals surface area contributed by atoms with E-state index in [1.807, 2.05) is 7.05 Å². The summed E-state index contributed by atoms with van der Waals surface area (Å²) < 4.78 is 10.9. The molecule has 0 aliphatic rings. The van der Waals surface area contributed by atoms with Crippen LogP contribution in [0, 0.1) is 0 Å². The first kappa shape index (κ1) is 12.2. The van der Waals surface area contributed by atoms with Gasteiger partial charge in [-0.05, 0) is 13.5 Å². The van der Waals surface area contributed by atoms with Gasteiger partial charge in [0.25, 0.3) is 0 Å². The molecule has 0 saturated carbocycles. The zero-order valence-corrected chi connectivity index (χ0v) is 9.58. The molecule has 15 heavy (non-hydrogen) atoms. The van der Waals surface area contributed by atoms with Crippen LogP contribution in [0.5, 0.6) is 0 Å². The molecule has 1 aromatic rings. The van der Waals surface area contributed by atoms with Gasteiger partial charge in [-0.25, -0.2) is 4.98 Å². The van der Waals surface area contributed by atoms with Gasteiger partial charge in [-0.1, -0.05) is 6.92 Å². The zero-order valence-electron chi connectivity index (χ0n) is 9.58. The molecule has 0 atom stereocenters. The minimum Gasteiger partial charge on any atom is -0.446 e. The molecule has 0 unspecified atom stereocenters. The van der Waals surface area contributed by atoms with Crippen LogP contribution < -0.4 is 5.32 Å². The summed E-state index contributed by atoms with van der Waals surface area (Å²) in [6, 6.07) is 0. The molecule has 86 valence electrons. The minimum absolute atomic E-state index is 0.717. The fourth-order valence-corrected chi connectivity index (χ4v) is 1.23. The quantitative estimate of drug-likeness (QED) is 0.662. The number of likely N-dealkylation sites (N-methyl/N-ethyl adjacent to an activating group) is 1. The van der Waals surface area contributed by atoms with Gasteiger partial charge in [0.2, 0.25) is 0 Å². The molecule has 1 rings (SSSR count). The van der Waals surface area contributed by atoms with Crippen molar-refractivity contribution in [1.29, 1.82) is 0 Å². The summed E-state index contributed by atoms with van der Waals surface area (Å²) in [6.45, 7) is 4.53. The van der Waals surface area contributed by atoms with E-state index in [1.165, 1.54) is 0 Å². The Morgan fingerprint density at radius 2 is 2.27 bits per heavy atom. The van der Waals surface area contributed by atoms with E-state index in [-0.39, 0.29) is 0 Å². The number of hydrogen-bond acceptors (Lipinski definition) is 4. The lowest BCUT2D eigenvalue weighted by atomic mass is 10.4. The first-order chi connectivity index (χ1) is 7.36. The Kier molecular flexibility index (Phi) is 6.04. The molecule has 0 fully saturated rings. The van der Waals surface area contributed by atoms with Gasteiger partial charge in [-0.15, -0.1) is 0 Å². The van der Waals surface area contributed by atoms with Crippen LogP contribution in [0.2, 0.25) is 0 Å². The van der Waals surface area contributed by atoms with Gasteiger partial charge < -0.3 is 14.5 Å². The average Bonchev–Trinajstić information content (AvgIpc) is 2.69. The van der Waals surface area contributed by atoms with Gasteiger partial charge in [0, 0.05) is 26.0 Å². The first-order valence-corrected chi connectivity index (χ1v) is 5.52. The number of nitrogens with zero attached hydrogens (tertiary/aromatic N) is 1. The number of ether oxygens (including phenoxy) is 1. The monoisotopic (exact) mass is 212 g/mol. The molecule has 0 bridgehead atoms. The van der Waals surface area contributed by atoms with Gasteiger partial charge >= 0.3 is 0 Å². The number of hydrogen-bond donors (Lipinski definition) is 1. The van der Waals surface area contributed by atoms with E-state index in [4.69, 9.17) is 9.15 Å². The lowest BCUT2D eigenvalue weighted by Gasteiger charge is -1.99. The van der Waals surface area contributed by atoms with Crippen LogP contribution in [0.4, 0.5) is 0 Å². The smallest absolute Gasteiger partial charge is 0.195 e. The highest BCUT2D eigenvalue weighted by molar-refractivity contribution is 4.94. The molecule has 0 aliphatic carbocycles. The van der Waals surface area contributed by atoms with Crippen molar-refractivity contribution in [3.63, 3.8) is 0 Å². The van der Waals surface area contributed by atoms with Crippen molar-refractivity contribution in [2.24, 2.45) is 0 Å². The number of rotatable bonds is 8. The second-order valence-electron chi connectivity index (χ2n) is 3.44. The van der Waals surface area contributed by atoms with Crippen LogP contribution in [-0.4, -0.2) is 31.8 Å². The lowest BCUT2D eigenvalue weighted by molar-refractivity contribution is 0.134. The highest BCUT2D eigenvalue weighted by atomic mass is 16.5. The lowest BCUT2D eigenvalue weighted by Crippen LogP contribution is -2.10. The Hall–Kier alpha value is -0.870. The van der Waals surface area contributed by atoms with E-state index in [0.29, 0.717) is 6.61 Å². The van der Waals surface area contributed by atoms with Gasteiger partial charge in [0.05, 0.1) is 12.8 Å². The number of nitrogens with one attached hydrogen (secondary N) is 1. The maximum absolute atomic E-state index is 5.53. The van der Waals surface area contributed by atoms with E-state index < -0.39 is 0 Å². The number of oxazole rings is 1. The third-order valence-electron chi connectivity index (χ3n) is 2.03. The molecule has 0 spiro atoms. The Bertz CT molecular complexity index is 261. The molecule has 1 aromatic heterocycles. The predicted molar refractivity (Wildman–Crippen MR) is 58.9 cm³/mol. The van der Waals surface area contributed by atoms with Crippen LogP contribution in [0.25, 0.3) is 0 Å². The SMILES string of the molecule is CCCOCCc1cnc(CCNC)o1. The second kappa shape index (κ2) is 7.43. The molecule has 1 heterocycles. The summed E-state index contributed by atoms with van der Waals surface area (Å²) in [7, 11) is 1.92. The largest absolute Gasteiger partial charge is 0.446 e. The highest BCUT2D eigenvalue weighted by Crippen LogP contribution is 2.05. The summed E-state index contributed by atoms with van der Waals surface area (Å²) in [6.07, 6.45) is 4.50. The molecule has 4 heteroatoms. The second-order valence-corrected chi connectivity index (χ2v) is 3.44. The summed E-state index contributed by atoms with van der Waals surface area (Å²) in [5.74, 6) is 1.71. The molecule has 0 amide bonds. The van der Waals surface area contributed by atoms with Crippen molar-refractivity contribution in [3.05, 3.63) is 17.8 Å². The molecular weight excluding hydrogens is 192 g/mol. The highest BCUT2D eigenvalue weighted by Gasteiger charge is 2.02. The summed E-state index contributed by atoms with van der Waals surface area (Å²) in [4.78, 5) is 4.19. The van der Waals surface area contributed by atoms with E-state index in [9.17, 15) is 0 Å². The summed E-state index contributed by atoms with van der Waals surface area (Å²) in [5.41, 5.74) is 0. The normalized spacial score (nSPS) is 10.8. The van der Waals surface area contributed by atoms with Gasteiger partial charge in [0.15, 0.2) is 5.89 Å². The van der Waals surface area contributed by atoms with Crippen LogP contribution in [0.15, 0.2) is 10.6 Å². The van der Waals surface area contributed by atoms with Crippen LogP contribution >= 0.6 is 0 Å². The first-order valence-electron chi connectivity index (χ1n) is 5.52. The molecule has 4 nitrogen and oxygen atoms in total. The average molecular weight is 212 g/mol. The Labute approximate surface area is 91.0 Å². The van der Waals surface area contributed by atoms with Gasteiger partial charge in [-0.3, -0.25) is 0 Å². The Morgan fingerprint density at radius 1 is 1.40 bits per heavy atom. The standard InChI is InChI=1S/C11H20N2O2/c1-3-7-14-8-5-10-9-13-11(15-10)4-6-12-2/h9,12H,3-8H2,1-2H3. The van der Waals surface area contributed by atoms with Crippen LogP contribution in [0.3, 0.4) is 0 Å². The molecule has 0 aliphatic heterocycles. The van der Waals surface area contributed by atoms with E-state index in [1.54, 1.807) is 6.20 Å². The van der Waals surface area contributed by atoms with Crippen molar-refractivity contribution in [2.75, 3.05) is 26.8 Å². The van der Waals surface area contributed by atoms with Gasteiger partial charge in [-0.2, -0.15) is 0 Å². The van der Waals surface area contributed by atoms with Crippen molar-refractivity contribution in [2.45, 2.75) is 26.2 Å². The fourth-order valence-electron chi connectivity index (χ4n) is 1.23. The molecule has 1 N–H and O–H groups in total. The van der Waals surface area contributed by atoms with E-state index >= 15 is 0 Å². The molecule has 0 aromatic carbocycles. The Balaban J connectivity index is 2.20. The molecule has 0 radical (unpaired) electrons. The third-order valence-corrected chi connectivity index (χ3v) is 2.03. The Morgan fingerprint density at radius 3 is 3.00 bits per heavy atom. The number of aromatic nitrogens is 1. The van der Waals surface area contributed by atoms with Crippen molar-refractivity contribution in [1.82, 2.24) is 10.3 Å². The zero-order chi connectivity index (χ0) is 10.9. The van der Waals surface area contributed by atoms with Crippen molar-refractivity contribution in [3.8, 4) is 0 Å². The maximum Gasteiger partial charge on any atom is 0.195 e. The maximum atomic E-state index is 5.53. The third kappa shape index (κ3) is 4.95. The van der Waals surface area contributed by atoms with E-state index in [0.717, 1.165) is 44.1 Å². The van der Waals surface area contributed by atoms with Crippen molar-refractivity contribution >= 4 is 0 Å². The molecular formula is C11H20N2O2. The summed E-state index contributed by atoms with van der Waals surface area (Å²) >= 11 is 0. The van der Waals surface area contributed by atoms with Crippen LogP contribution in [-0.2, 0) is 17.6 Å². The van der Waals surface area contributed by atoms with Gasteiger partial charge in [0.1, 0.15) is 5.76 Å². The summed E-state index contributed by atoms with van der Waals surface area (Å²) in [5, 5.41) is 3.06. The predicted octanol–water partition coefficient (Wildman–Crippen LogP) is 1.41.